The Morgan fingerprint density at radius 1 is 1.41 bits per heavy atom. The number of nitrogens with zero attached hydrogens (tertiary/aromatic N) is 2. The third-order valence-corrected chi connectivity index (χ3v) is 3.58. The molecule has 1 aromatic heterocycles. The molecule has 0 fully saturated rings. The van der Waals surface area contributed by atoms with Gasteiger partial charge in [-0.15, -0.1) is 11.3 Å². The number of nitrogens with two attached hydrogens (primary N) is 1. The Balaban J connectivity index is 2.21. The fourth-order valence-corrected chi connectivity index (χ4v) is 2.51. The molecule has 3 nitrogen and oxygen atoms in total. The Morgan fingerprint density at radius 3 is 2.94 bits per heavy atom. The van der Waals surface area contributed by atoms with Crippen molar-refractivity contribution in [1.82, 2.24) is 4.98 Å². The first kappa shape index (κ1) is 12.1. The molecule has 0 radical (unpaired) electrons. The molecule has 2 rings (SSSR count). The second-order valence-electron chi connectivity index (χ2n) is 4.06. The Morgan fingerprint density at radius 2 is 2.24 bits per heavy atom. The molecule has 0 aliphatic carbocycles. The second-order valence-corrected chi connectivity index (χ2v) is 4.89. The van der Waals surface area contributed by atoms with E-state index in [0.29, 0.717) is 6.54 Å². The Hall–Kier alpha value is -1.39. The summed E-state index contributed by atoms with van der Waals surface area (Å²) in [4.78, 5) is 6.68. The van der Waals surface area contributed by atoms with E-state index in [1.54, 1.807) is 11.3 Å². The maximum absolute atomic E-state index is 5.53. The van der Waals surface area contributed by atoms with Gasteiger partial charge in [0.15, 0.2) is 5.13 Å². The van der Waals surface area contributed by atoms with Crippen molar-refractivity contribution >= 4 is 22.2 Å². The Labute approximate surface area is 106 Å². The van der Waals surface area contributed by atoms with Crippen LogP contribution in [0.25, 0.3) is 0 Å². The van der Waals surface area contributed by atoms with Crippen molar-refractivity contribution < 1.29 is 0 Å². The summed E-state index contributed by atoms with van der Waals surface area (Å²) < 4.78 is 0. The predicted molar refractivity (Wildman–Crippen MR) is 74.1 cm³/mol. The van der Waals surface area contributed by atoms with Crippen LogP contribution in [0.5, 0.6) is 0 Å². The number of rotatable bonds is 4. The summed E-state index contributed by atoms with van der Waals surface area (Å²) in [7, 11) is 2.04. The van der Waals surface area contributed by atoms with Crippen LogP contribution in [0.2, 0.25) is 0 Å². The first-order valence-corrected chi connectivity index (χ1v) is 6.53. The lowest BCUT2D eigenvalue weighted by atomic mass is 10.2. The summed E-state index contributed by atoms with van der Waals surface area (Å²) in [6.45, 7) is 2.75. The summed E-state index contributed by atoms with van der Waals surface area (Å²) in [6, 6.07) is 8.41. The van der Waals surface area contributed by atoms with E-state index < -0.39 is 0 Å². The molecular formula is C13H17N3S. The van der Waals surface area contributed by atoms with Gasteiger partial charge in [-0.05, 0) is 31.2 Å². The van der Waals surface area contributed by atoms with Crippen molar-refractivity contribution in [3.8, 4) is 0 Å². The van der Waals surface area contributed by atoms with Gasteiger partial charge in [-0.25, -0.2) is 4.98 Å². The van der Waals surface area contributed by atoms with Gasteiger partial charge in [-0.2, -0.15) is 0 Å². The van der Waals surface area contributed by atoms with Crippen LogP contribution < -0.4 is 10.6 Å². The van der Waals surface area contributed by atoms with Crippen LogP contribution in [0.1, 0.15) is 11.3 Å². The summed E-state index contributed by atoms with van der Waals surface area (Å²) >= 11 is 1.66. The molecule has 2 N–H and O–H groups in total. The van der Waals surface area contributed by atoms with Crippen molar-refractivity contribution in [2.45, 2.75) is 13.3 Å². The molecule has 4 heteroatoms. The van der Waals surface area contributed by atoms with Crippen LogP contribution in [0.4, 0.5) is 10.8 Å². The fraction of sp³-hybridized carbons (Fsp3) is 0.308. The average Bonchev–Trinajstić information content (AvgIpc) is 2.77. The number of hydrogen-bond acceptors (Lipinski definition) is 4. The van der Waals surface area contributed by atoms with Crippen LogP contribution in [0, 0.1) is 6.92 Å². The number of benzene rings is 1. The number of thiazole rings is 1. The standard InChI is InChI=1S/C13H17N3S/c1-10-4-3-5-12(8-10)16(2)13-15-11(6-7-14)9-17-13/h3-5,8-9H,6-7,14H2,1-2H3. The first-order chi connectivity index (χ1) is 8.20. The summed E-state index contributed by atoms with van der Waals surface area (Å²) in [5.41, 5.74) is 9.03. The van der Waals surface area contributed by atoms with Gasteiger partial charge in [0.05, 0.1) is 5.69 Å². The molecule has 0 saturated heterocycles. The molecule has 0 unspecified atom stereocenters. The third-order valence-electron chi connectivity index (χ3n) is 2.62. The highest BCUT2D eigenvalue weighted by Crippen LogP contribution is 2.27. The third kappa shape index (κ3) is 2.84. The average molecular weight is 247 g/mol. The minimum atomic E-state index is 0.650. The van der Waals surface area contributed by atoms with E-state index in [2.05, 4.69) is 46.5 Å². The van der Waals surface area contributed by atoms with E-state index in [1.165, 1.54) is 11.3 Å². The van der Waals surface area contributed by atoms with E-state index in [4.69, 9.17) is 5.73 Å². The van der Waals surface area contributed by atoms with E-state index >= 15 is 0 Å². The lowest BCUT2D eigenvalue weighted by molar-refractivity contribution is 0.931. The van der Waals surface area contributed by atoms with Crippen molar-refractivity contribution in [1.29, 1.82) is 0 Å². The highest BCUT2D eigenvalue weighted by molar-refractivity contribution is 7.13. The normalized spacial score (nSPS) is 10.5. The van der Waals surface area contributed by atoms with Crippen LogP contribution in [-0.2, 0) is 6.42 Å². The number of hydrogen-bond donors (Lipinski definition) is 1. The maximum Gasteiger partial charge on any atom is 0.189 e. The maximum atomic E-state index is 5.53. The van der Waals surface area contributed by atoms with Crippen LogP contribution in [0.15, 0.2) is 29.6 Å². The zero-order valence-electron chi connectivity index (χ0n) is 10.2. The van der Waals surface area contributed by atoms with Crippen molar-refractivity contribution in [3.05, 3.63) is 40.9 Å². The molecule has 0 atom stereocenters. The van der Waals surface area contributed by atoms with Gasteiger partial charge in [0.1, 0.15) is 0 Å². The van der Waals surface area contributed by atoms with Crippen LogP contribution >= 0.6 is 11.3 Å². The molecule has 17 heavy (non-hydrogen) atoms. The largest absolute Gasteiger partial charge is 0.330 e. The Kier molecular flexibility index (Phi) is 3.76. The van der Waals surface area contributed by atoms with Crippen molar-refractivity contribution in [3.63, 3.8) is 0 Å². The molecule has 1 aromatic carbocycles. The fourth-order valence-electron chi connectivity index (χ4n) is 1.66. The van der Waals surface area contributed by atoms with Crippen molar-refractivity contribution in [2.24, 2.45) is 5.73 Å². The molecule has 1 heterocycles. The lowest BCUT2D eigenvalue weighted by Crippen LogP contribution is -2.09. The number of aryl methyl sites for hydroxylation is 1. The SMILES string of the molecule is Cc1cccc(N(C)c2nc(CCN)cs2)c1. The molecule has 0 aliphatic rings. The zero-order chi connectivity index (χ0) is 12.3. The summed E-state index contributed by atoms with van der Waals surface area (Å²) in [6.07, 6.45) is 0.845. The van der Waals surface area contributed by atoms with E-state index in [-0.39, 0.29) is 0 Å². The predicted octanol–water partition coefficient (Wildman–Crippen LogP) is 2.72. The van der Waals surface area contributed by atoms with Gasteiger partial charge < -0.3 is 10.6 Å². The molecule has 0 spiro atoms. The van der Waals surface area contributed by atoms with Crippen LogP contribution in [-0.4, -0.2) is 18.6 Å². The second kappa shape index (κ2) is 5.29. The van der Waals surface area contributed by atoms with Crippen LogP contribution in [0.3, 0.4) is 0 Å². The lowest BCUT2D eigenvalue weighted by Gasteiger charge is -2.16. The van der Waals surface area contributed by atoms with Gasteiger partial charge >= 0.3 is 0 Å². The number of anilines is 2. The van der Waals surface area contributed by atoms with E-state index in [9.17, 15) is 0 Å². The first-order valence-electron chi connectivity index (χ1n) is 5.65. The molecule has 0 amide bonds. The van der Waals surface area contributed by atoms with Crippen molar-refractivity contribution in [2.75, 3.05) is 18.5 Å². The minimum Gasteiger partial charge on any atom is -0.330 e. The molecule has 0 saturated carbocycles. The topological polar surface area (TPSA) is 42.2 Å². The van der Waals surface area contributed by atoms with Gasteiger partial charge in [-0.3, -0.25) is 0 Å². The van der Waals surface area contributed by atoms with Gasteiger partial charge in [0, 0.05) is 24.5 Å². The minimum absolute atomic E-state index is 0.650. The molecular weight excluding hydrogens is 230 g/mol. The molecule has 90 valence electrons. The van der Waals surface area contributed by atoms with Gasteiger partial charge in [-0.1, -0.05) is 12.1 Å². The van der Waals surface area contributed by atoms with Gasteiger partial charge in [0.25, 0.3) is 0 Å². The molecule has 2 aromatic rings. The smallest absolute Gasteiger partial charge is 0.189 e. The van der Waals surface area contributed by atoms with E-state index in [0.717, 1.165) is 17.2 Å². The highest BCUT2D eigenvalue weighted by Gasteiger charge is 2.08. The van der Waals surface area contributed by atoms with Gasteiger partial charge in [0.2, 0.25) is 0 Å². The zero-order valence-corrected chi connectivity index (χ0v) is 11.0. The molecule has 0 bridgehead atoms. The quantitative estimate of drug-likeness (QED) is 0.903. The van der Waals surface area contributed by atoms with E-state index in [1.807, 2.05) is 7.05 Å². The number of aromatic nitrogens is 1. The monoisotopic (exact) mass is 247 g/mol. The summed E-state index contributed by atoms with van der Waals surface area (Å²) in [5, 5.41) is 3.09. The molecule has 0 aliphatic heterocycles. The Bertz CT molecular complexity index is 493. The highest BCUT2D eigenvalue weighted by atomic mass is 32.1. The summed E-state index contributed by atoms with van der Waals surface area (Å²) in [5.74, 6) is 0.